The van der Waals surface area contributed by atoms with Crippen LogP contribution in [-0.4, -0.2) is 35.8 Å². The molecule has 0 unspecified atom stereocenters. The molecule has 1 aromatic rings. The van der Waals surface area contributed by atoms with Gasteiger partial charge in [0.1, 0.15) is 0 Å². The van der Waals surface area contributed by atoms with Crippen molar-refractivity contribution >= 4 is 12.6 Å². The van der Waals surface area contributed by atoms with Crippen molar-refractivity contribution in [1.29, 1.82) is 0 Å². The number of aromatic nitrogens is 1. The molecule has 0 saturated heterocycles. The summed E-state index contributed by atoms with van der Waals surface area (Å²) in [5, 5.41) is 0. The fourth-order valence-corrected chi connectivity index (χ4v) is 1.83. The Hall–Kier alpha value is -0.540. The fourth-order valence-electron chi connectivity index (χ4n) is 1.73. The molecule has 0 aliphatic rings. The molecule has 0 bridgehead atoms. The maximum atomic E-state index is 4.38. The minimum absolute atomic E-state index is 0.288. The van der Waals surface area contributed by atoms with Crippen LogP contribution in [0, 0.1) is 5.41 Å². The van der Waals surface area contributed by atoms with E-state index in [-0.39, 0.29) is 5.41 Å². The summed E-state index contributed by atoms with van der Waals surface area (Å²) in [6.45, 7) is 6.68. The van der Waals surface area contributed by atoms with Gasteiger partial charge >= 0.3 is 0 Å². The van der Waals surface area contributed by atoms with Crippen LogP contribution in [0.3, 0.4) is 0 Å². The molecule has 90 valence electrons. The summed E-state index contributed by atoms with van der Waals surface area (Å²) < 4.78 is 0. The first-order chi connectivity index (χ1) is 7.53. The van der Waals surface area contributed by atoms with E-state index in [0.717, 1.165) is 25.3 Å². The average molecular weight is 238 g/mol. The van der Waals surface area contributed by atoms with Crippen molar-refractivity contribution in [3.63, 3.8) is 0 Å². The summed E-state index contributed by atoms with van der Waals surface area (Å²) in [5.41, 5.74) is 1.64. The van der Waals surface area contributed by atoms with Gasteiger partial charge in [-0.3, -0.25) is 4.98 Å². The number of hydrogen-bond acceptors (Lipinski definition) is 3. The number of thiol groups is 1. The highest BCUT2D eigenvalue weighted by molar-refractivity contribution is 7.80. The molecule has 0 spiro atoms. The zero-order chi connectivity index (χ0) is 12.0. The predicted octanol–water partition coefficient (Wildman–Crippen LogP) is 2.51. The highest BCUT2D eigenvalue weighted by atomic mass is 32.1. The predicted molar refractivity (Wildman–Crippen MR) is 73.1 cm³/mol. The van der Waals surface area contributed by atoms with Crippen LogP contribution in [0.2, 0.25) is 0 Å². The zero-order valence-corrected chi connectivity index (χ0v) is 11.4. The lowest BCUT2D eigenvalue weighted by Crippen LogP contribution is -2.33. The van der Waals surface area contributed by atoms with Gasteiger partial charge in [0, 0.05) is 25.5 Å². The van der Waals surface area contributed by atoms with E-state index >= 15 is 0 Å². The van der Waals surface area contributed by atoms with Crippen LogP contribution in [0.4, 0.5) is 0 Å². The van der Waals surface area contributed by atoms with Gasteiger partial charge < -0.3 is 4.90 Å². The Balaban J connectivity index is 2.33. The molecule has 1 heterocycles. The highest BCUT2D eigenvalue weighted by Gasteiger charge is 2.17. The molecular formula is C13H22N2S. The largest absolute Gasteiger partial charge is 0.305 e. The Bertz CT molecular complexity index is 298. The highest BCUT2D eigenvalue weighted by Crippen LogP contribution is 2.17. The second-order valence-electron chi connectivity index (χ2n) is 5.17. The van der Waals surface area contributed by atoms with Crippen molar-refractivity contribution in [1.82, 2.24) is 9.88 Å². The summed E-state index contributed by atoms with van der Waals surface area (Å²) in [6.07, 6.45) is 4.79. The first-order valence-electron chi connectivity index (χ1n) is 5.72. The maximum Gasteiger partial charge on any atom is 0.0270 e. The minimum Gasteiger partial charge on any atom is -0.305 e. The van der Waals surface area contributed by atoms with Crippen LogP contribution in [0.25, 0.3) is 0 Å². The van der Waals surface area contributed by atoms with E-state index in [1.165, 1.54) is 5.56 Å². The number of likely N-dealkylation sites (N-methyl/N-ethyl adjacent to an activating group) is 1. The number of nitrogens with zero attached hydrogens (tertiary/aromatic N) is 2. The van der Waals surface area contributed by atoms with Crippen molar-refractivity contribution in [2.24, 2.45) is 5.41 Å². The maximum absolute atomic E-state index is 4.38. The van der Waals surface area contributed by atoms with Crippen LogP contribution in [0.5, 0.6) is 0 Å². The van der Waals surface area contributed by atoms with Crippen molar-refractivity contribution < 1.29 is 0 Å². The van der Waals surface area contributed by atoms with E-state index in [0.29, 0.717) is 0 Å². The molecule has 16 heavy (non-hydrogen) atoms. The molecule has 0 aromatic carbocycles. The van der Waals surface area contributed by atoms with E-state index in [2.05, 4.69) is 55.5 Å². The first kappa shape index (κ1) is 13.5. The zero-order valence-electron chi connectivity index (χ0n) is 10.5. The summed E-state index contributed by atoms with van der Waals surface area (Å²) in [4.78, 5) is 6.39. The van der Waals surface area contributed by atoms with Crippen molar-refractivity contribution in [2.45, 2.75) is 20.3 Å². The quantitative estimate of drug-likeness (QED) is 0.767. The van der Waals surface area contributed by atoms with Gasteiger partial charge in [0.15, 0.2) is 0 Å². The normalized spacial score (nSPS) is 12.1. The average Bonchev–Trinajstić information content (AvgIpc) is 2.27. The fraction of sp³-hybridized carbons (Fsp3) is 0.615. The van der Waals surface area contributed by atoms with E-state index in [1.807, 2.05) is 12.4 Å². The molecule has 2 nitrogen and oxygen atoms in total. The van der Waals surface area contributed by atoms with Crippen molar-refractivity contribution in [3.05, 3.63) is 30.1 Å². The molecule has 0 saturated carbocycles. The van der Waals surface area contributed by atoms with Crippen LogP contribution < -0.4 is 0 Å². The third-order valence-corrected chi connectivity index (χ3v) is 3.51. The third kappa shape index (κ3) is 4.99. The number of rotatable bonds is 6. The molecule has 0 fully saturated rings. The Morgan fingerprint density at radius 2 is 1.94 bits per heavy atom. The van der Waals surface area contributed by atoms with Gasteiger partial charge in [0.05, 0.1) is 0 Å². The second-order valence-corrected chi connectivity index (χ2v) is 5.48. The van der Waals surface area contributed by atoms with Gasteiger partial charge in [0.2, 0.25) is 0 Å². The molecule has 0 radical (unpaired) electrons. The number of pyridine rings is 1. The summed E-state index contributed by atoms with van der Waals surface area (Å²) >= 11 is 4.38. The van der Waals surface area contributed by atoms with Crippen LogP contribution in [-0.2, 0) is 6.42 Å². The molecule has 0 atom stereocenters. The SMILES string of the molecule is CN(CCc1ccncc1)CC(C)(C)CS. The smallest absolute Gasteiger partial charge is 0.0270 e. The molecule has 1 aromatic heterocycles. The van der Waals surface area contributed by atoms with Crippen molar-refractivity contribution in [3.8, 4) is 0 Å². The van der Waals surface area contributed by atoms with Gasteiger partial charge in [-0.1, -0.05) is 13.8 Å². The summed E-state index contributed by atoms with van der Waals surface area (Å²) in [7, 11) is 2.17. The minimum atomic E-state index is 0.288. The third-order valence-electron chi connectivity index (χ3n) is 2.66. The van der Waals surface area contributed by atoms with Gasteiger partial charge in [-0.05, 0) is 42.3 Å². The molecule has 0 N–H and O–H groups in total. The Labute approximate surface area is 104 Å². The van der Waals surface area contributed by atoms with Gasteiger partial charge in [0.25, 0.3) is 0 Å². The molecule has 0 aliphatic heterocycles. The van der Waals surface area contributed by atoms with E-state index < -0.39 is 0 Å². The first-order valence-corrected chi connectivity index (χ1v) is 6.35. The monoisotopic (exact) mass is 238 g/mol. The molecule has 0 aliphatic carbocycles. The lowest BCUT2D eigenvalue weighted by molar-refractivity contribution is 0.233. The van der Waals surface area contributed by atoms with Gasteiger partial charge in [-0.25, -0.2) is 0 Å². The molecule has 0 amide bonds. The molecule has 1 rings (SSSR count). The van der Waals surface area contributed by atoms with E-state index in [1.54, 1.807) is 0 Å². The van der Waals surface area contributed by atoms with Crippen LogP contribution >= 0.6 is 12.6 Å². The Morgan fingerprint density at radius 1 is 1.31 bits per heavy atom. The topological polar surface area (TPSA) is 16.1 Å². The lowest BCUT2D eigenvalue weighted by atomic mass is 9.95. The number of hydrogen-bond donors (Lipinski definition) is 1. The Kier molecular flexibility index (Phi) is 5.29. The van der Waals surface area contributed by atoms with Gasteiger partial charge in [-0.2, -0.15) is 12.6 Å². The van der Waals surface area contributed by atoms with Crippen LogP contribution in [0.1, 0.15) is 19.4 Å². The summed E-state index contributed by atoms with van der Waals surface area (Å²) in [5.74, 6) is 0.923. The standard InChI is InChI=1S/C13H22N2S/c1-13(2,11-16)10-15(3)9-6-12-4-7-14-8-5-12/h4-5,7-8,16H,6,9-11H2,1-3H3. The lowest BCUT2D eigenvalue weighted by Gasteiger charge is -2.28. The molecular weight excluding hydrogens is 216 g/mol. The second kappa shape index (κ2) is 6.26. The molecule has 3 heteroatoms. The van der Waals surface area contributed by atoms with E-state index in [9.17, 15) is 0 Å². The Morgan fingerprint density at radius 3 is 2.50 bits per heavy atom. The van der Waals surface area contributed by atoms with Crippen molar-refractivity contribution in [2.75, 3.05) is 25.9 Å². The van der Waals surface area contributed by atoms with Crippen LogP contribution in [0.15, 0.2) is 24.5 Å². The summed E-state index contributed by atoms with van der Waals surface area (Å²) in [6, 6.07) is 4.16. The van der Waals surface area contributed by atoms with E-state index in [4.69, 9.17) is 0 Å². The van der Waals surface area contributed by atoms with Gasteiger partial charge in [-0.15, -0.1) is 0 Å².